The second kappa shape index (κ2) is 7.67. The molecule has 1 aliphatic rings. The molecule has 1 aliphatic heterocycles. The van der Waals surface area contributed by atoms with Gasteiger partial charge in [-0.1, -0.05) is 6.92 Å². The summed E-state index contributed by atoms with van der Waals surface area (Å²) in [6, 6.07) is 0.326. The van der Waals surface area contributed by atoms with Gasteiger partial charge in [-0.25, -0.2) is 0 Å². The van der Waals surface area contributed by atoms with E-state index >= 15 is 0 Å². The van der Waals surface area contributed by atoms with Gasteiger partial charge in [0.15, 0.2) is 0 Å². The summed E-state index contributed by atoms with van der Waals surface area (Å²) in [7, 11) is 0. The van der Waals surface area contributed by atoms with E-state index in [0.717, 1.165) is 13.1 Å². The van der Waals surface area contributed by atoms with E-state index < -0.39 is 12.4 Å². The largest absolute Gasteiger partial charge is 1.00 e. The molecule has 1 rings (SSSR count). The van der Waals surface area contributed by atoms with Crippen molar-refractivity contribution in [3.05, 3.63) is 12.1 Å². The van der Waals surface area contributed by atoms with E-state index in [-0.39, 0.29) is 57.9 Å². The zero-order chi connectivity index (χ0) is 12.3. The van der Waals surface area contributed by atoms with Crippen molar-refractivity contribution < 1.29 is 64.3 Å². The Labute approximate surface area is 144 Å². The van der Waals surface area contributed by atoms with Crippen LogP contribution in [0.25, 0.3) is 0 Å². The fourth-order valence-electron chi connectivity index (χ4n) is 2.07. The molecule has 1 heterocycles. The van der Waals surface area contributed by atoms with E-state index in [4.69, 9.17) is 0 Å². The number of piperazine rings is 1. The zero-order valence-electron chi connectivity index (χ0n) is 10.9. The Bertz CT molecular complexity index is 260. The van der Waals surface area contributed by atoms with Gasteiger partial charge in [0.05, 0.1) is 0 Å². The van der Waals surface area contributed by atoms with Crippen LogP contribution in [0.5, 0.6) is 0 Å². The Morgan fingerprint density at radius 2 is 1.94 bits per heavy atom. The molecule has 17 heavy (non-hydrogen) atoms. The summed E-state index contributed by atoms with van der Waals surface area (Å²) in [6.07, 6.45) is 0. The summed E-state index contributed by atoms with van der Waals surface area (Å²) in [5, 5.41) is 0. The molecule has 7 heteroatoms. The molecule has 0 amide bonds. The van der Waals surface area contributed by atoms with Crippen molar-refractivity contribution in [3.8, 4) is 0 Å². The summed E-state index contributed by atoms with van der Waals surface area (Å²) in [4.78, 5) is 4.12. The van der Waals surface area contributed by atoms with Gasteiger partial charge in [0.2, 0.25) is 0 Å². The quantitative estimate of drug-likeness (QED) is 0.604. The Kier molecular flexibility index (Phi) is 8.19. The minimum atomic E-state index is -4.88. The standard InChI is InChI=1S/C10H19BF3N2.K/c1-4-16-6-5-15(8-10(16)3)7-9(2)11(12,13)14;/h10H,2,4-8H2,1,3H3;/q-1;+1. The molecule has 0 aromatic heterocycles. The molecule has 0 aromatic rings. The minimum Gasteiger partial charge on any atom is -0.445 e. The van der Waals surface area contributed by atoms with Gasteiger partial charge in [-0.3, -0.25) is 9.80 Å². The van der Waals surface area contributed by atoms with E-state index in [1.165, 1.54) is 0 Å². The third-order valence-corrected chi connectivity index (χ3v) is 3.14. The molecule has 1 fully saturated rings. The summed E-state index contributed by atoms with van der Waals surface area (Å²) >= 11 is 0. The van der Waals surface area contributed by atoms with Gasteiger partial charge in [0.25, 0.3) is 0 Å². The first-order valence-electron chi connectivity index (χ1n) is 5.68. The monoisotopic (exact) mass is 274 g/mol. The Balaban J connectivity index is 0.00000256. The minimum absolute atomic E-state index is 0. The van der Waals surface area contributed by atoms with Crippen molar-refractivity contribution in [2.45, 2.75) is 19.9 Å². The molecule has 1 unspecified atom stereocenters. The second-order valence-electron chi connectivity index (χ2n) is 4.45. The zero-order valence-corrected chi connectivity index (χ0v) is 14.0. The SMILES string of the molecule is C=C(CN1CCN(CC)C(C)C1)[B-](F)(F)F.[K+]. The summed E-state index contributed by atoms with van der Waals surface area (Å²) in [5.41, 5.74) is -0.586. The topological polar surface area (TPSA) is 6.48 Å². The van der Waals surface area contributed by atoms with Crippen LogP contribution in [-0.2, 0) is 0 Å². The number of rotatable bonds is 4. The maximum absolute atomic E-state index is 12.4. The van der Waals surface area contributed by atoms with E-state index in [2.05, 4.69) is 25.3 Å². The normalized spacial score (nSPS) is 23.2. The number of nitrogens with zero attached hydrogens (tertiary/aromatic N) is 2. The van der Waals surface area contributed by atoms with Crippen LogP contribution in [0.15, 0.2) is 12.1 Å². The van der Waals surface area contributed by atoms with Crippen molar-refractivity contribution in [1.29, 1.82) is 0 Å². The van der Waals surface area contributed by atoms with Gasteiger partial charge in [0.1, 0.15) is 0 Å². The molecule has 2 nitrogen and oxygen atoms in total. The fraction of sp³-hybridized carbons (Fsp3) is 0.800. The number of hydrogen-bond donors (Lipinski definition) is 0. The smallest absolute Gasteiger partial charge is 0.445 e. The number of likely N-dealkylation sites (N-methyl/N-ethyl adjacent to an activating group) is 1. The summed E-state index contributed by atoms with van der Waals surface area (Å²) < 4.78 is 37.1. The van der Waals surface area contributed by atoms with Crippen molar-refractivity contribution in [2.24, 2.45) is 0 Å². The molecule has 0 aliphatic carbocycles. The van der Waals surface area contributed by atoms with Crippen LogP contribution < -0.4 is 51.4 Å². The molecule has 0 radical (unpaired) electrons. The maximum atomic E-state index is 12.4. The van der Waals surface area contributed by atoms with Crippen LogP contribution in [0.3, 0.4) is 0 Å². The fourth-order valence-corrected chi connectivity index (χ4v) is 2.07. The van der Waals surface area contributed by atoms with E-state index in [9.17, 15) is 12.9 Å². The number of hydrogen-bond acceptors (Lipinski definition) is 2. The molecule has 0 aromatic carbocycles. The Morgan fingerprint density at radius 3 is 2.35 bits per heavy atom. The van der Waals surface area contributed by atoms with Gasteiger partial charge in [-0.2, -0.15) is 0 Å². The molecule has 94 valence electrons. The van der Waals surface area contributed by atoms with E-state index in [1.807, 2.05) is 4.90 Å². The average molecular weight is 274 g/mol. The molecular formula is C10H19BF3KN2. The Morgan fingerprint density at radius 1 is 1.35 bits per heavy atom. The van der Waals surface area contributed by atoms with Gasteiger partial charge in [-0.05, 0) is 20.0 Å². The molecule has 1 atom stereocenters. The first-order valence-corrected chi connectivity index (χ1v) is 5.68. The van der Waals surface area contributed by atoms with Gasteiger partial charge in [0, 0.05) is 25.7 Å². The predicted octanol–water partition coefficient (Wildman–Crippen LogP) is -1.04. The van der Waals surface area contributed by atoms with Crippen LogP contribution in [0.4, 0.5) is 12.9 Å². The summed E-state index contributed by atoms with van der Waals surface area (Å²) in [6.45, 7) is 5.53. The molecule has 0 N–H and O–H groups in total. The van der Waals surface area contributed by atoms with Crippen LogP contribution in [0.2, 0.25) is 0 Å². The van der Waals surface area contributed by atoms with Crippen molar-refractivity contribution >= 4 is 6.98 Å². The first-order chi connectivity index (χ1) is 7.34. The molecular weight excluding hydrogens is 255 g/mol. The average Bonchev–Trinajstić information content (AvgIpc) is 2.16. The first kappa shape index (κ1) is 18.2. The van der Waals surface area contributed by atoms with Crippen LogP contribution in [-0.4, -0.2) is 55.5 Å². The second-order valence-corrected chi connectivity index (χ2v) is 4.45. The van der Waals surface area contributed by atoms with E-state index in [0.29, 0.717) is 19.1 Å². The van der Waals surface area contributed by atoms with Crippen LogP contribution >= 0.6 is 0 Å². The van der Waals surface area contributed by atoms with Crippen LogP contribution in [0.1, 0.15) is 13.8 Å². The van der Waals surface area contributed by atoms with Gasteiger partial charge >= 0.3 is 58.4 Å². The third-order valence-electron chi connectivity index (χ3n) is 3.14. The van der Waals surface area contributed by atoms with Crippen LogP contribution in [0, 0.1) is 0 Å². The van der Waals surface area contributed by atoms with Gasteiger partial charge in [-0.15, -0.1) is 12.1 Å². The molecule has 0 spiro atoms. The Hall–Kier alpha value is 1.15. The van der Waals surface area contributed by atoms with Crippen molar-refractivity contribution in [1.82, 2.24) is 9.80 Å². The predicted molar refractivity (Wildman–Crippen MR) is 61.4 cm³/mol. The number of halogens is 3. The molecule has 0 bridgehead atoms. The van der Waals surface area contributed by atoms with Crippen molar-refractivity contribution in [3.63, 3.8) is 0 Å². The maximum Gasteiger partial charge on any atom is 1.00 e. The summed E-state index contributed by atoms with van der Waals surface area (Å²) in [5.74, 6) is 0. The van der Waals surface area contributed by atoms with Gasteiger partial charge < -0.3 is 12.9 Å². The van der Waals surface area contributed by atoms with Crippen molar-refractivity contribution in [2.75, 3.05) is 32.7 Å². The third kappa shape index (κ3) is 5.76. The van der Waals surface area contributed by atoms with E-state index in [1.54, 1.807) is 0 Å². The molecule has 1 saturated heterocycles. The molecule has 0 saturated carbocycles.